The molecule has 12 heavy (non-hydrogen) atoms. The fourth-order valence-corrected chi connectivity index (χ4v) is 3.80. The highest BCUT2D eigenvalue weighted by Crippen LogP contribution is 2.09. The Labute approximate surface area is 77.0 Å². The Morgan fingerprint density at radius 3 is 3.17 bits per heavy atom. The number of aromatic nitrogens is 3. The normalized spacial score (nSPS) is 12.1. The number of H-pyrrole nitrogens is 1. The van der Waals surface area contributed by atoms with E-state index in [-0.39, 0.29) is 0 Å². The van der Waals surface area contributed by atoms with Gasteiger partial charge in [-0.3, -0.25) is 4.84 Å². The summed E-state index contributed by atoms with van der Waals surface area (Å²) in [7, 11) is 2.08. The van der Waals surface area contributed by atoms with Crippen molar-refractivity contribution in [2.24, 2.45) is 0 Å². The molecule has 0 aliphatic carbocycles. The lowest BCUT2D eigenvalue weighted by Gasteiger charge is -2.03. The van der Waals surface area contributed by atoms with Gasteiger partial charge in [-0.05, 0) is 6.42 Å². The fraction of sp³-hybridized carbons (Fsp3) is 1.00. The molecule has 0 aliphatic rings. The van der Waals surface area contributed by atoms with Crippen LogP contribution in [0.15, 0.2) is 0 Å². The zero-order chi connectivity index (χ0) is 8.65. The maximum absolute atomic E-state index is 5.47. The molecule has 1 N–H and O–H groups in total. The van der Waals surface area contributed by atoms with E-state index in [4.69, 9.17) is 4.84 Å². The van der Waals surface area contributed by atoms with Gasteiger partial charge in [-0.2, -0.15) is 8.76 Å². The molecule has 1 heterocycles. The Kier molecular flexibility index (Phi) is 5.81. The van der Waals surface area contributed by atoms with Crippen LogP contribution >= 0.6 is 25.5 Å². The molecule has 0 saturated heterocycles. The topological polar surface area (TPSA) is 42.8 Å². The number of nitrogens with zero attached hydrogens (tertiary/aromatic N) is 2. The van der Waals surface area contributed by atoms with Crippen molar-refractivity contribution in [1.82, 2.24) is 13.3 Å². The van der Waals surface area contributed by atoms with Gasteiger partial charge >= 0.3 is 0 Å². The van der Waals surface area contributed by atoms with Gasteiger partial charge in [0.15, 0.2) is 8.51 Å². The molecular weight excluding hydrogens is 211 g/mol. The minimum atomic E-state index is 0.546. The molecule has 1 aromatic heterocycles. The standard InChI is InChI=1S/C5H14N3OP3/c1-2-3-4-5-9-8-11-6-10-7-12-8/h6,10-11H,2-5H2,1H3. The lowest BCUT2D eigenvalue weighted by atomic mass is 10.3. The number of hydrogen-bond acceptors (Lipinski definition) is 2. The zero-order valence-corrected chi connectivity index (χ0v) is 9.97. The molecule has 70 valence electrons. The Hall–Kier alpha value is 0.260. The summed E-state index contributed by atoms with van der Waals surface area (Å²) in [4.78, 5) is 5.47. The Morgan fingerprint density at radius 1 is 1.58 bits per heavy atom. The summed E-state index contributed by atoms with van der Waals surface area (Å²) < 4.78 is 9.18. The van der Waals surface area contributed by atoms with E-state index in [0.717, 1.165) is 21.5 Å². The largest absolute Gasteiger partial charge is 0.311 e. The summed E-state index contributed by atoms with van der Waals surface area (Å²) in [6, 6.07) is 0. The molecule has 2 atom stereocenters. The second kappa shape index (κ2) is 6.74. The van der Waals surface area contributed by atoms with E-state index in [0.29, 0.717) is 17.0 Å². The van der Waals surface area contributed by atoms with Crippen molar-refractivity contribution in [3.63, 3.8) is 0 Å². The molecule has 0 saturated carbocycles. The monoisotopic (exact) mass is 225 g/mol. The lowest BCUT2D eigenvalue weighted by molar-refractivity contribution is 0.152. The van der Waals surface area contributed by atoms with Gasteiger partial charge in [-0.1, -0.05) is 19.8 Å². The van der Waals surface area contributed by atoms with Gasteiger partial charge in [0.25, 0.3) is 0 Å². The Morgan fingerprint density at radius 2 is 2.50 bits per heavy atom. The minimum absolute atomic E-state index is 0.546. The minimum Gasteiger partial charge on any atom is -0.311 e. The molecule has 0 fully saturated rings. The summed E-state index contributed by atoms with van der Waals surface area (Å²) in [5.41, 5.74) is 0. The summed E-state index contributed by atoms with van der Waals surface area (Å²) in [5, 5.41) is 0. The predicted octanol–water partition coefficient (Wildman–Crippen LogP) is 2.60. The summed E-state index contributed by atoms with van der Waals surface area (Å²) in [6.45, 7) is 3.02. The molecule has 0 radical (unpaired) electrons. The van der Waals surface area contributed by atoms with Gasteiger partial charge in [0.2, 0.25) is 0 Å². The molecule has 1 aromatic rings. The lowest BCUT2D eigenvalue weighted by Crippen LogP contribution is -2.07. The predicted molar refractivity (Wildman–Crippen MR) is 56.7 cm³/mol. The molecule has 7 heteroatoms. The van der Waals surface area contributed by atoms with Crippen LogP contribution in [0.25, 0.3) is 0 Å². The van der Waals surface area contributed by atoms with Crippen LogP contribution in [0, 0.1) is 0 Å². The first-order chi connectivity index (χ1) is 5.93. The van der Waals surface area contributed by atoms with Crippen molar-refractivity contribution in [3.8, 4) is 0 Å². The average molecular weight is 225 g/mol. The van der Waals surface area contributed by atoms with Crippen molar-refractivity contribution in [3.05, 3.63) is 0 Å². The molecule has 2 unspecified atom stereocenters. The summed E-state index contributed by atoms with van der Waals surface area (Å²) in [6.07, 6.45) is 3.64. The van der Waals surface area contributed by atoms with E-state index in [1.807, 2.05) is 4.26 Å². The van der Waals surface area contributed by atoms with E-state index >= 15 is 0 Å². The van der Waals surface area contributed by atoms with Crippen LogP contribution in [-0.2, 0) is 0 Å². The van der Waals surface area contributed by atoms with Crippen molar-refractivity contribution in [2.75, 3.05) is 6.61 Å². The number of nitrogens with one attached hydrogen (secondary N) is 1. The van der Waals surface area contributed by atoms with E-state index in [1.165, 1.54) is 12.8 Å². The number of unbranched alkanes of at least 4 members (excludes halogenated alkanes) is 2. The number of hydrogen-bond donors (Lipinski definition) is 1. The second-order valence-corrected chi connectivity index (χ2v) is 5.92. The number of rotatable bonds is 5. The van der Waals surface area contributed by atoms with Crippen LogP contribution in [-0.4, -0.2) is 19.9 Å². The van der Waals surface area contributed by atoms with Crippen molar-refractivity contribution in [2.45, 2.75) is 26.2 Å². The van der Waals surface area contributed by atoms with Crippen molar-refractivity contribution >= 4 is 25.5 Å². The van der Waals surface area contributed by atoms with Gasteiger partial charge in [-0.15, -0.1) is 0 Å². The maximum Gasteiger partial charge on any atom is 0.169 e. The molecule has 4 nitrogen and oxygen atoms in total. The number of aromatic amines is 1. The Bertz CT molecular complexity index is 210. The van der Waals surface area contributed by atoms with Crippen LogP contribution in [0.1, 0.15) is 26.2 Å². The van der Waals surface area contributed by atoms with E-state index in [1.54, 1.807) is 0 Å². The van der Waals surface area contributed by atoms with Gasteiger partial charge < -0.3 is 4.51 Å². The first-order valence-electron chi connectivity index (χ1n) is 4.03. The summed E-state index contributed by atoms with van der Waals surface area (Å²) >= 11 is 0. The molecule has 0 aromatic carbocycles. The molecule has 1 rings (SSSR count). The first-order valence-corrected chi connectivity index (χ1v) is 6.72. The highest BCUT2D eigenvalue weighted by atomic mass is 31.1. The van der Waals surface area contributed by atoms with E-state index < -0.39 is 0 Å². The van der Waals surface area contributed by atoms with Gasteiger partial charge in [0.05, 0.1) is 6.61 Å². The van der Waals surface area contributed by atoms with Crippen LogP contribution < -0.4 is 4.84 Å². The maximum atomic E-state index is 5.47. The van der Waals surface area contributed by atoms with Gasteiger partial charge in [0, 0.05) is 17.0 Å². The van der Waals surface area contributed by atoms with Crippen LogP contribution in [0.3, 0.4) is 0 Å². The highest BCUT2D eigenvalue weighted by molar-refractivity contribution is 7.44. The third kappa shape index (κ3) is 4.33. The fourth-order valence-electron chi connectivity index (χ4n) is 0.744. The molecule has 0 spiro atoms. The second-order valence-electron chi connectivity index (χ2n) is 2.35. The SMILES string of the molecule is CCCCCOn1pn[pH][nH][pH]1. The van der Waals surface area contributed by atoms with Crippen molar-refractivity contribution in [1.29, 1.82) is 0 Å². The van der Waals surface area contributed by atoms with Crippen LogP contribution in [0.5, 0.6) is 0 Å². The van der Waals surface area contributed by atoms with Gasteiger partial charge in [-0.25, -0.2) is 0 Å². The molecule has 0 amide bonds. The van der Waals surface area contributed by atoms with Gasteiger partial charge in [0.1, 0.15) is 0 Å². The highest BCUT2D eigenvalue weighted by Gasteiger charge is 1.88. The van der Waals surface area contributed by atoms with E-state index in [9.17, 15) is 0 Å². The quantitative estimate of drug-likeness (QED) is 0.782. The van der Waals surface area contributed by atoms with E-state index in [2.05, 4.69) is 15.9 Å². The smallest absolute Gasteiger partial charge is 0.169 e. The first kappa shape index (κ1) is 10.3. The zero-order valence-electron chi connectivity index (χ0n) is 7.08. The summed E-state index contributed by atoms with van der Waals surface area (Å²) in [5.74, 6) is 0. The van der Waals surface area contributed by atoms with Crippen LogP contribution in [0.2, 0.25) is 0 Å². The molecule has 0 aliphatic heterocycles. The molecule has 0 bridgehead atoms. The third-order valence-corrected chi connectivity index (χ3v) is 4.16. The van der Waals surface area contributed by atoms with Crippen LogP contribution in [0.4, 0.5) is 0 Å². The third-order valence-electron chi connectivity index (χ3n) is 1.34. The Balaban J connectivity index is 2.16. The molecular formula is C5H14N3OP3. The average Bonchev–Trinajstić information content (AvgIpc) is 2.14. The van der Waals surface area contributed by atoms with Crippen molar-refractivity contribution < 1.29 is 4.84 Å².